The minimum Gasteiger partial charge on any atom is -0.303 e. The van der Waals surface area contributed by atoms with E-state index in [0.717, 1.165) is 24.4 Å². The molecule has 16 heavy (non-hydrogen) atoms. The molecule has 4 nitrogen and oxygen atoms in total. The lowest BCUT2D eigenvalue weighted by Gasteiger charge is -2.12. The minimum atomic E-state index is 0.943. The first-order valence-electron chi connectivity index (χ1n) is 5.94. The Morgan fingerprint density at radius 3 is 2.88 bits per heavy atom. The summed E-state index contributed by atoms with van der Waals surface area (Å²) in [6.07, 6.45) is 5.60. The lowest BCUT2D eigenvalue weighted by Crippen LogP contribution is -2.22. The number of hydrogen-bond acceptors (Lipinski definition) is 3. The first-order valence-corrected chi connectivity index (χ1v) is 5.94. The molecule has 0 spiro atoms. The van der Waals surface area contributed by atoms with Crippen molar-refractivity contribution in [2.75, 3.05) is 19.6 Å². The molecule has 0 atom stereocenters. The third kappa shape index (κ3) is 1.93. The highest BCUT2D eigenvalue weighted by Gasteiger charge is 2.12. The standard InChI is InChI=1S/C12H16N4/c1-2-9-16-12(5-1)13-11(14-16)6-10-15-7-3-4-8-15/h1-2,5,9H,3-4,6-8,10H2. The fourth-order valence-electron chi connectivity index (χ4n) is 2.25. The van der Waals surface area contributed by atoms with Gasteiger partial charge in [-0.05, 0) is 38.1 Å². The van der Waals surface area contributed by atoms with E-state index in [-0.39, 0.29) is 0 Å². The zero-order chi connectivity index (χ0) is 10.8. The molecule has 1 fully saturated rings. The van der Waals surface area contributed by atoms with E-state index in [0.29, 0.717) is 0 Å². The maximum absolute atomic E-state index is 4.50. The number of fused-ring (bicyclic) bond motifs is 1. The lowest BCUT2D eigenvalue weighted by atomic mass is 10.4. The second kappa shape index (κ2) is 4.22. The van der Waals surface area contributed by atoms with Crippen molar-refractivity contribution in [1.82, 2.24) is 19.5 Å². The molecule has 3 heterocycles. The minimum absolute atomic E-state index is 0.943. The Balaban J connectivity index is 1.69. The van der Waals surface area contributed by atoms with E-state index >= 15 is 0 Å². The number of hydrogen-bond donors (Lipinski definition) is 0. The average Bonchev–Trinajstić information content (AvgIpc) is 2.95. The van der Waals surface area contributed by atoms with Gasteiger partial charge >= 0.3 is 0 Å². The molecule has 2 aromatic rings. The van der Waals surface area contributed by atoms with Gasteiger partial charge in [-0.25, -0.2) is 9.50 Å². The van der Waals surface area contributed by atoms with E-state index in [9.17, 15) is 0 Å². The summed E-state index contributed by atoms with van der Waals surface area (Å²) in [5, 5.41) is 4.45. The van der Waals surface area contributed by atoms with Gasteiger partial charge in [-0.15, -0.1) is 0 Å². The van der Waals surface area contributed by atoms with Gasteiger partial charge in [0.05, 0.1) is 0 Å². The van der Waals surface area contributed by atoms with Crippen LogP contribution in [0.3, 0.4) is 0 Å². The second-order valence-corrected chi connectivity index (χ2v) is 4.33. The Morgan fingerprint density at radius 2 is 2.06 bits per heavy atom. The molecule has 0 aliphatic carbocycles. The van der Waals surface area contributed by atoms with Crippen LogP contribution in [-0.4, -0.2) is 39.1 Å². The zero-order valence-electron chi connectivity index (χ0n) is 9.34. The van der Waals surface area contributed by atoms with Gasteiger partial charge in [-0.3, -0.25) is 0 Å². The van der Waals surface area contributed by atoms with Crippen LogP contribution in [0.4, 0.5) is 0 Å². The molecule has 0 bridgehead atoms. The molecule has 1 aliphatic heterocycles. The monoisotopic (exact) mass is 216 g/mol. The summed E-state index contributed by atoms with van der Waals surface area (Å²) in [5.74, 6) is 0.957. The normalized spacial score (nSPS) is 17.2. The molecule has 0 N–H and O–H groups in total. The summed E-state index contributed by atoms with van der Waals surface area (Å²) in [5.41, 5.74) is 0.943. The number of likely N-dealkylation sites (tertiary alicyclic amines) is 1. The highest BCUT2D eigenvalue weighted by atomic mass is 15.3. The van der Waals surface area contributed by atoms with Gasteiger partial charge in [0.25, 0.3) is 0 Å². The molecule has 0 saturated carbocycles. The smallest absolute Gasteiger partial charge is 0.155 e. The van der Waals surface area contributed by atoms with Crippen LogP contribution in [0.25, 0.3) is 5.65 Å². The van der Waals surface area contributed by atoms with E-state index in [1.165, 1.54) is 25.9 Å². The Kier molecular flexibility index (Phi) is 2.58. The van der Waals surface area contributed by atoms with Crippen molar-refractivity contribution in [1.29, 1.82) is 0 Å². The van der Waals surface area contributed by atoms with E-state index < -0.39 is 0 Å². The number of rotatable bonds is 3. The molecule has 3 rings (SSSR count). The predicted octanol–water partition coefficient (Wildman–Crippen LogP) is 1.37. The number of nitrogens with zero attached hydrogens (tertiary/aromatic N) is 4. The highest BCUT2D eigenvalue weighted by molar-refractivity contribution is 5.36. The van der Waals surface area contributed by atoms with E-state index in [4.69, 9.17) is 0 Å². The van der Waals surface area contributed by atoms with Crippen LogP contribution in [0.1, 0.15) is 18.7 Å². The Hall–Kier alpha value is -1.42. The van der Waals surface area contributed by atoms with Gasteiger partial charge in [0.15, 0.2) is 11.5 Å². The van der Waals surface area contributed by atoms with Crippen LogP contribution >= 0.6 is 0 Å². The van der Waals surface area contributed by atoms with Crippen molar-refractivity contribution in [2.45, 2.75) is 19.3 Å². The van der Waals surface area contributed by atoms with Gasteiger partial charge in [0.2, 0.25) is 0 Å². The molecule has 0 amide bonds. The van der Waals surface area contributed by atoms with Crippen LogP contribution < -0.4 is 0 Å². The first-order chi connectivity index (χ1) is 7.92. The van der Waals surface area contributed by atoms with E-state index in [2.05, 4.69) is 15.0 Å². The quantitative estimate of drug-likeness (QED) is 0.777. The SMILES string of the molecule is c1ccn2nc(CCN3CCCC3)nc2c1. The van der Waals surface area contributed by atoms with Gasteiger partial charge in [-0.1, -0.05) is 6.07 Å². The Labute approximate surface area is 94.9 Å². The topological polar surface area (TPSA) is 33.4 Å². The molecule has 1 aliphatic rings. The van der Waals surface area contributed by atoms with E-state index in [1.54, 1.807) is 0 Å². The lowest BCUT2D eigenvalue weighted by molar-refractivity contribution is 0.341. The summed E-state index contributed by atoms with van der Waals surface area (Å²) in [6.45, 7) is 3.58. The predicted molar refractivity (Wildman–Crippen MR) is 62.4 cm³/mol. The summed E-state index contributed by atoms with van der Waals surface area (Å²) in [4.78, 5) is 6.99. The van der Waals surface area contributed by atoms with Crippen LogP contribution in [0, 0.1) is 0 Å². The van der Waals surface area contributed by atoms with Gasteiger partial charge < -0.3 is 4.90 Å². The number of pyridine rings is 1. The molecular weight excluding hydrogens is 200 g/mol. The molecule has 2 aromatic heterocycles. The Bertz CT molecular complexity index is 438. The van der Waals surface area contributed by atoms with Crippen molar-refractivity contribution in [3.05, 3.63) is 30.2 Å². The van der Waals surface area contributed by atoms with Crippen LogP contribution in [0.5, 0.6) is 0 Å². The summed E-state index contributed by atoms with van der Waals surface area (Å²) in [6, 6.07) is 5.96. The number of aromatic nitrogens is 3. The largest absolute Gasteiger partial charge is 0.303 e. The van der Waals surface area contributed by atoms with Crippen LogP contribution in [-0.2, 0) is 6.42 Å². The molecular formula is C12H16N4. The summed E-state index contributed by atoms with van der Waals surface area (Å²) >= 11 is 0. The molecule has 4 heteroatoms. The first kappa shape index (κ1) is 9.78. The third-order valence-corrected chi connectivity index (χ3v) is 3.14. The van der Waals surface area contributed by atoms with Gasteiger partial charge in [0, 0.05) is 19.2 Å². The van der Waals surface area contributed by atoms with Gasteiger partial charge in [-0.2, -0.15) is 5.10 Å². The molecule has 1 saturated heterocycles. The highest BCUT2D eigenvalue weighted by Crippen LogP contribution is 2.08. The van der Waals surface area contributed by atoms with Crippen molar-refractivity contribution in [3.8, 4) is 0 Å². The fraction of sp³-hybridized carbons (Fsp3) is 0.500. The third-order valence-electron chi connectivity index (χ3n) is 3.14. The van der Waals surface area contributed by atoms with E-state index in [1.807, 2.05) is 28.9 Å². The maximum atomic E-state index is 4.50. The summed E-state index contributed by atoms with van der Waals surface area (Å²) < 4.78 is 1.85. The van der Waals surface area contributed by atoms with Gasteiger partial charge in [0.1, 0.15) is 0 Å². The molecule has 0 radical (unpaired) electrons. The summed E-state index contributed by atoms with van der Waals surface area (Å²) in [7, 11) is 0. The van der Waals surface area contributed by atoms with Crippen molar-refractivity contribution < 1.29 is 0 Å². The zero-order valence-corrected chi connectivity index (χ0v) is 9.34. The van der Waals surface area contributed by atoms with Crippen LogP contribution in [0.15, 0.2) is 24.4 Å². The van der Waals surface area contributed by atoms with Crippen molar-refractivity contribution >= 4 is 5.65 Å². The molecule has 84 valence electrons. The van der Waals surface area contributed by atoms with Crippen LogP contribution in [0.2, 0.25) is 0 Å². The van der Waals surface area contributed by atoms with Crippen molar-refractivity contribution in [3.63, 3.8) is 0 Å². The molecule has 0 aromatic carbocycles. The molecule has 0 unspecified atom stereocenters. The maximum Gasteiger partial charge on any atom is 0.155 e. The average molecular weight is 216 g/mol. The fourth-order valence-corrected chi connectivity index (χ4v) is 2.25. The Morgan fingerprint density at radius 1 is 1.19 bits per heavy atom. The van der Waals surface area contributed by atoms with Crippen molar-refractivity contribution in [2.24, 2.45) is 0 Å². The second-order valence-electron chi connectivity index (χ2n) is 4.33.